The molecule has 1 aromatic heterocycles. The van der Waals surface area contributed by atoms with Crippen molar-refractivity contribution in [2.45, 2.75) is 20.4 Å². The molecule has 0 radical (unpaired) electrons. The Morgan fingerprint density at radius 2 is 1.88 bits per heavy atom. The molecule has 0 unspecified atom stereocenters. The Morgan fingerprint density at radius 3 is 2.50 bits per heavy atom. The van der Waals surface area contributed by atoms with Crippen molar-refractivity contribution >= 4 is 0 Å². The van der Waals surface area contributed by atoms with Gasteiger partial charge in [0.1, 0.15) is 0 Å². The predicted octanol–water partition coefficient (Wildman–Crippen LogP) is 2.24. The Morgan fingerprint density at radius 1 is 1.19 bits per heavy atom. The van der Waals surface area contributed by atoms with Gasteiger partial charge in [-0.05, 0) is 25.5 Å². The van der Waals surface area contributed by atoms with Crippen molar-refractivity contribution in [3.8, 4) is 11.1 Å². The summed E-state index contributed by atoms with van der Waals surface area (Å²) in [5.41, 5.74) is 2.81. The summed E-state index contributed by atoms with van der Waals surface area (Å²) in [5.74, 6) is 0. The van der Waals surface area contributed by atoms with Crippen LogP contribution in [0.25, 0.3) is 11.1 Å². The average Bonchev–Trinajstić information content (AvgIpc) is 2.31. The average molecular weight is 214 g/mol. The van der Waals surface area contributed by atoms with Crippen molar-refractivity contribution in [1.29, 1.82) is 0 Å². The Bertz CT molecular complexity index is 541. The summed E-state index contributed by atoms with van der Waals surface area (Å²) >= 11 is 0. The highest BCUT2D eigenvalue weighted by Gasteiger charge is 2.04. The SMILES string of the molecule is CCn1nccc(-c2ccc(C)cc2)c1=O. The molecule has 0 saturated carbocycles. The smallest absolute Gasteiger partial charge is 0.267 e. The number of aryl methyl sites for hydroxylation is 2. The summed E-state index contributed by atoms with van der Waals surface area (Å²) in [5, 5.41) is 4.00. The molecule has 0 amide bonds. The van der Waals surface area contributed by atoms with Crippen LogP contribution in [0.15, 0.2) is 41.3 Å². The zero-order chi connectivity index (χ0) is 11.5. The first kappa shape index (κ1) is 10.6. The molecular formula is C13H14N2O. The fourth-order valence-corrected chi connectivity index (χ4v) is 1.63. The van der Waals surface area contributed by atoms with E-state index < -0.39 is 0 Å². The maximum Gasteiger partial charge on any atom is 0.274 e. The van der Waals surface area contributed by atoms with Crippen LogP contribution in [0.3, 0.4) is 0 Å². The van der Waals surface area contributed by atoms with Crippen molar-refractivity contribution in [3.63, 3.8) is 0 Å². The third-order valence-corrected chi connectivity index (χ3v) is 2.57. The van der Waals surface area contributed by atoms with Gasteiger partial charge in [0.25, 0.3) is 5.56 Å². The minimum absolute atomic E-state index is 0.0335. The molecule has 0 bridgehead atoms. The second-order valence-corrected chi connectivity index (χ2v) is 3.73. The molecule has 3 nitrogen and oxygen atoms in total. The summed E-state index contributed by atoms with van der Waals surface area (Å²) in [6, 6.07) is 9.70. The third kappa shape index (κ3) is 1.89. The Hall–Kier alpha value is -1.90. The molecule has 0 N–H and O–H groups in total. The Labute approximate surface area is 94.4 Å². The molecule has 1 aromatic carbocycles. The summed E-state index contributed by atoms with van der Waals surface area (Å²) in [6.45, 7) is 4.53. The van der Waals surface area contributed by atoms with Crippen LogP contribution in [0.5, 0.6) is 0 Å². The largest absolute Gasteiger partial charge is 0.274 e. The molecular weight excluding hydrogens is 200 g/mol. The van der Waals surface area contributed by atoms with Crippen molar-refractivity contribution < 1.29 is 0 Å². The molecule has 0 atom stereocenters. The number of benzene rings is 1. The topological polar surface area (TPSA) is 34.9 Å². The van der Waals surface area contributed by atoms with Gasteiger partial charge in [0.15, 0.2) is 0 Å². The highest BCUT2D eigenvalue weighted by molar-refractivity contribution is 5.62. The van der Waals surface area contributed by atoms with Crippen LogP contribution < -0.4 is 5.56 Å². The van der Waals surface area contributed by atoms with Crippen LogP contribution in [0, 0.1) is 6.92 Å². The van der Waals surface area contributed by atoms with Gasteiger partial charge in [-0.15, -0.1) is 0 Å². The van der Waals surface area contributed by atoms with Crippen LogP contribution in [0.2, 0.25) is 0 Å². The van der Waals surface area contributed by atoms with Gasteiger partial charge in [0, 0.05) is 12.7 Å². The third-order valence-electron chi connectivity index (χ3n) is 2.57. The summed E-state index contributed by atoms with van der Waals surface area (Å²) in [4.78, 5) is 12.0. The number of rotatable bonds is 2. The lowest BCUT2D eigenvalue weighted by Gasteiger charge is -2.04. The highest BCUT2D eigenvalue weighted by atomic mass is 16.1. The lowest BCUT2D eigenvalue weighted by atomic mass is 10.1. The van der Waals surface area contributed by atoms with E-state index in [2.05, 4.69) is 5.10 Å². The molecule has 16 heavy (non-hydrogen) atoms. The fourth-order valence-electron chi connectivity index (χ4n) is 1.63. The lowest BCUT2D eigenvalue weighted by molar-refractivity contribution is 0.617. The minimum atomic E-state index is -0.0335. The van der Waals surface area contributed by atoms with E-state index in [1.807, 2.05) is 38.1 Å². The monoisotopic (exact) mass is 214 g/mol. The van der Waals surface area contributed by atoms with Crippen molar-refractivity contribution in [1.82, 2.24) is 9.78 Å². The molecule has 2 aromatic rings. The van der Waals surface area contributed by atoms with E-state index in [0.29, 0.717) is 12.1 Å². The van der Waals surface area contributed by atoms with E-state index in [4.69, 9.17) is 0 Å². The molecule has 0 aliphatic heterocycles. The molecule has 0 aliphatic rings. The minimum Gasteiger partial charge on any atom is -0.267 e. The molecule has 0 spiro atoms. The number of aromatic nitrogens is 2. The van der Waals surface area contributed by atoms with Crippen LogP contribution in [0.4, 0.5) is 0 Å². The van der Waals surface area contributed by atoms with E-state index in [1.165, 1.54) is 10.2 Å². The first-order chi connectivity index (χ1) is 7.72. The Kier molecular flexibility index (Phi) is 2.86. The van der Waals surface area contributed by atoms with E-state index in [9.17, 15) is 4.79 Å². The highest BCUT2D eigenvalue weighted by Crippen LogP contribution is 2.14. The maximum absolute atomic E-state index is 12.0. The quantitative estimate of drug-likeness (QED) is 0.768. The van der Waals surface area contributed by atoms with Crippen molar-refractivity contribution in [2.75, 3.05) is 0 Å². The van der Waals surface area contributed by atoms with Gasteiger partial charge in [-0.1, -0.05) is 29.8 Å². The van der Waals surface area contributed by atoms with E-state index in [-0.39, 0.29) is 5.56 Å². The van der Waals surface area contributed by atoms with Crippen molar-refractivity contribution in [2.24, 2.45) is 0 Å². The number of nitrogens with zero attached hydrogens (tertiary/aromatic N) is 2. The van der Waals surface area contributed by atoms with Gasteiger partial charge >= 0.3 is 0 Å². The molecule has 2 rings (SSSR count). The lowest BCUT2D eigenvalue weighted by Crippen LogP contribution is -2.22. The molecule has 3 heteroatoms. The first-order valence-corrected chi connectivity index (χ1v) is 5.35. The molecule has 0 saturated heterocycles. The zero-order valence-corrected chi connectivity index (χ0v) is 9.47. The number of hydrogen-bond acceptors (Lipinski definition) is 2. The van der Waals surface area contributed by atoms with Crippen LogP contribution >= 0.6 is 0 Å². The van der Waals surface area contributed by atoms with E-state index in [1.54, 1.807) is 12.3 Å². The van der Waals surface area contributed by atoms with Gasteiger partial charge in [0.05, 0.1) is 5.56 Å². The summed E-state index contributed by atoms with van der Waals surface area (Å²) < 4.78 is 1.47. The standard InChI is InChI=1S/C13H14N2O/c1-3-15-13(16)12(8-9-14-15)11-6-4-10(2)5-7-11/h4-9H,3H2,1-2H3. The van der Waals surface area contributed by atoms with Crippen molar-refractivity contribution in [3.05, 3.63) is 52.4 Å². The van der Waals surface area contributed by atoms with Gasteiger partial charge in [-0.2, -0.15) is 5.10 Å². The normalized spacial score (nSPS) is 10.4. The first-order valence-electron chi connectivity index (χ1n) is 5.35. The Balaban J connectivity index is 2.56. The van der Waals surface area contributed by atoms with Gasteiger partial charge in [0.2, 0.25) is 0 Å². The number of hydrogen-bond donors (Lipinski definition) is 0. The summed E-state index contributed by atoms with van der Waals surface area (Å²) in [6.07, 6.45) is 1.67. The fraction of sp³-hybridized carbons (Fsp3) is 0.231. The van der Waals surface area contributed by atoms with E-state index in [0.717, 1.165) is 5.56 Å². The second-order valence-electron chi connectivity index (χ2n) is 3.73. The van der Waals surface area contributed by atoms with Gasteiger partial charge in [-0.3, -0.25) is 4.79 Å². The molecule has 0 fully saturated rings. The summed E-state index contributed by atoms with van der Waals surface area (Å²) in [7, 11) is 0. The molecule has 0 aliphatic carbocycles. The zero-order valence-electron chi connectivity index (χ0n) is 9.47. The van der Waals surface area contributed by atoms with Gasteiger partial charge in [-0.25, -0.2) is 4.68 Å². The van der Waals surface area contributed by atoms with Crippen LogP contribution in [-0.4, -0.2) is 9.78 Å². The molecule has 82 valence electrons. The maximum atomic E-state index is 12.0. The van der Waals surface area contributed by atoms with E-state index >= 15 is 0 Å². The van der Waals surface area contributed by atoms with Crippen LogP contribution in [-0.2, 0) is 6.54 Å². The molecule has 1 heterocycles. The second kappa shape index (κ2) is 4.31. The van der Waals surface area contributed by atoms with Crippen LogP contribution in [0.1, 0.15) is 12.5 Å². The predicted molar refractivity (Wildman–Crippen MR) is 64.3 cm³/mol. The van der Waals surface area contributed by atoms with Gasteiger partial charge < -0.3 is 0 Å².